The first-order valence-electron chi connectivity index (χ1n) is 10.1. The minimum Gasteiger partial charge on any atom is -0.508 e. The summed E-state index contributed by atoms with van der Waals surface area (Å²) in [5.41, 5.74) is 2.88. The lowest BCUT2D eigenvalue weighted by molar-refractivity contribution is 0.173. The molecule has 0 saturated heterocycles. The van der Waals surface area contributed by atoms with E-state index in [1.54, 1.807) is 36.4 Å². The molecule has 2 atom stereocenters. The summed E-state index contributed by atoms with van der Waals surface area (Å²) in [4.78, 5) is 2.12. The Kier molecular flexibility index (Phi) is 8.81. The van der Waals surface area contributed by atoms with E-state index in [0.29, 0.717) is 6.42 Å². The van der Waals surface area contributed by atoms with Gasteiger partial charge >= 0.3 is 0 Å². The second-order valence-electron chi connectivity index (χ2n) is 7.08. The lowest BCUT2D eigenvalue weighted by atomic mass is 10.0. The maximum atomic E-state index is 13.0. The van der Waals surface area contributed by atoms with Crippen LogP contribution in [0.1, 0.15) is 50.0 Å². The third-order valence-corrected chi connectivity index (χ3v) is 5.01. The van der Waals surface area contributed by atoms with Crippen LogP contribution in [0.2, 0.25) is 0 Å². The fraction of sp³-hybridized carbons (Fsp3) is 0.280. The van der Waals surface area contributed by atoms with Gasteiger partial charge < -0.3 is 15.1 Å². The summed E-state index contributed by atoms with van der Waals surface area (Å²) < 4.78 is 25.3. The van der Waals surface area contributed by atoms with Crippen molar-refractivity contribution in [1.29, 1.82) is 0 Å². The molecule has 0 radical (unpaired) electrons. The highest BCUT2D eigenvalue weighted by Crippen LogP contribution is 2.29. The molecule has 160 valence electrons. The number of aromatic hydroxyl groups is 1. The summed E-state index contributed by atoms with van der Waals surface area (Å²) in [5.74, 6) is -0.227. The van der Waals surface area contributed by atoms with Crippen LogP contribution in [0.15, 0.2) is 72.8 Å². The van der Waals surface area contributed by atoms with Gasteiger partial charge in [-0.15, -0.1) is 0 Å². The Hall–Kier alpha value is -2.92. The fourth-order valence-corrected chi connectivity index (χ4v) is 3.21. The SMILES string of the molecule is CCC(O)c1ccc(F)cc1.CC[C@@H](c1ccc(O)cc1)N(C)c1ccc(F)cc1. The highest BCUT2D eigenvalue weighted by atomic mass is 19.1. The molecule has 0 aromatic heterocycles. The van der Waals surface area contributed by atoms with Gasteiger partial charge in [0.25, 0.3) is 0 Å². The summed E-state index contributed by atoms with van der Waals surface area (Å²) in [5, 5.41) is 18.6. The van der Waals surface area contributed by atoms with E-state index >= 15 is 0 Å². The summed E-state index contributed by atoms with van der Waals surface area (Å²) in [6.07, 6.45) is 1.13. The van der Waals surface area contributed by atoms with E-state index < -0.39 is 6.10 Å². The molecule has 1 unspecified atom stereocenters. The van der Waals surface area contributed by atoms with Crippen molar-refractivity contribution in [2.45, 2.75) is 38.8 Å². The van der Waals surface area contributed by atoms with Gasteiger partial charge in [0.2, 0.25) is 0 Å². The second-order valence-corrected chi connectivity index (χ2v) is 7.08. The van der Waals surface area contributed by atoms with Crippen LogP contribution >= 0.6 is 0 Å². The van der Waals surface area contributed by atoms with Crippen molar-refractivity contribution in [3.05, 3.63) is 95.6 Å². The average Bonchev–Trinajstić information content (AvgIpc) is 2.76. The Morgan fingerprint density at radius 2 is 1.20 bits per heavy atom. The van der Waals surface area contributed by atoms with Gasteiger partial charge in [-0.1, -0.05) is 38.1 Å². The number of hydrogen-bond acceptors (Lipinski definition) is 3. The molecule has 0 spiro atoms. The summed E-state index contributed by atoms with van der Waals surface area (Å²) in [6, 6.07) is 19.8. The minimum atomic E-state index is -0.462. The van der Waals surface area contributed by atoms with Crippen molar-refractivity contribution >= 4 is 5.69 Å². The lowest BCUT2D eigenvalue weighted by Gasteiger charge is -2.29. The first kappa shape index (κ1) is 23.4. The molecule has 0 heterocycles. The Balaban J connectivity index is 0.000000248. The predicted molar refractivity (Wildman–Crippen MR) is 118 cm³/mol. The van der Waals surface area contributed by atoms with Crippen LogP contribution in [-0.4, -0.2) is 17.3 Å². The zero-order valence-corrected chi connectivity index (χ0v) is 17.6. The van der Waals surface area contributed by atoms with Gasteiger partial charge in [0.05, 0.1) is 12.1 Å². The summed E-state index contributed by atoms with van der Waals surface area (Å²) in [7, 11) is 1.99. The van der Waals surface area contributed by atoms with Gasteiger partial charge in [0, 0.05) is 12.7 Å². The van der Waals surface area contributed by atoms with Crippen LogP contribution in [0.25, 0.3) is 0 Å². The number of benzene rings is 3. The molecule has 30 heavy (non-hydrogen) atoms. The molecule has 0 fully saturated rings. The number of aliphatic hydroxyl groups excluding tert-OH is 1. The van der Waals surface area contributed by atoms with Gasteiger partial charge in [-0.2, -0.15) is 0 Å². The van der Waals surface area contributed by atoms with E-state index in [1.807, 2.05) is 26.1 Å². The molecule has 0 aliphatic carbocycles. The van der Waals surface area contributed by atoms with E-state index in [9.17, 15) is 19.0 Å². The normalized spacial score (nSPS) is 12.5. The molecule has 3 rings (SSSR count). The van der Waals surface area contributed by atoms with Gasteiger partial charge in [-0.05, 0) is 72.5 Å². The molecule has 0 bridgehead atoms. The number of anilines is 1. The van der Waals surface area contributed by atoms with Crippen molar-refractivity contribution in [1.82, 2.24) is 0 Å². The Bertz CT molecular complexity index is 881. The largest absolute Gasteiger partial charge is 0.508 e. The monoisotopic (exact) mass is 413 g/mol. The zero-order chi connectivity index (χ0) is 22.1. The number of nitrogens with zero attached hydrogens (tertiary/aromatic N) is 1. The molecule has 3 aromatic rings. The molecule has 2 N–H and O–H groups in total. The first-order chi connectivity index (χ1) is 14.3. The molecule has 0 saturated carbocycles. The van der Waals surface area contributed by atoms with E-state index in [0.717, 1.165) is 23.2 Å². The Morgan fingerprint density at radius 3 is 1.67 bits per heavy atom. The van der Waals surface area contributed by atoms with Crippen molar-refractivity contribution in [3.8, 4) is 5.75 Å². The number of aliphatic hydroxyl groups is 1. The van der Waals surface area contributed by atoms with E-state index in [1.165, 1.54) is 24.3 Å². The number of hydrogen-bond donors (Lipinski definition) is 2. The zero-order valence-electron chi connectivity index (χ0n) is 17.6. The van der Waals surface area contributed by atoms with Crippen LogP contribution in [0.5, 0.6) is 5.75 Å². The smallest absolute Gasteiger partial charge is 0.123 e. The maximum Gasteiger partial charge on any atom is 0.123 e. The van der Waals surface area contributed by atoms with E-state index in [2.05, 4.69) is 11.8 Å². The molecule has 0 amide bonds. The molecule has 3 aromatic carbocycles. The van der Waals surface area contributed by atoms with Crippen LogP contribution < -0.4 is 4.90 Å². The number of halogens is 2. The summed E-state index contributed by atoms with van der Waals surface area (Å²) in [6.45, 7) is 3.99. The van der Waals surface area contributed by atoms with E-state index in [-0.39, 0.29) is 23.4 Å². The highest BCUT2D eigenvalue weighted by molar-refractivity contribution is 5.48. The molecular formula is C25H29F2NO2. The highest BCUT2D eigenvalue weighted by Gasteiger charge is 2.15. The van der Waals surface area contributed by atoms with Gasteiger partial charge in [-0.3, -0.25) is 0 Å². The average molecular weight is 414 g/mol. The van der Waals surface area contributed by atoms with Crippen molar-refractivity contribution in [2.24, 2.45) is 0 Å². The second kappa shape index (κ2) is 11.3. The predicted octanol–water partition coefficient (Wildman–Crippen LogP) is 6.39. The van der Waals surface area contributed by atoms with Crippen LogP contribution in [0, 0.1) is 11.6 Å². The standard InChI is InChI=1S/C16H18FNO.C9H11FO/c1-3-16(12-4-10-15(19)11-5-12)18(2)14-8-6-13(17)7-9-14;1-2-9(11)7-3-5-8(10)6-4-7/h4-11,16,19H,3H2,1-2H3;3-6,9,11H,2H2,1H3/t16-;/m0./s1. The number of phenols is 1. The quantitative estimate of drug-likeness (QED) is 0.492. The lowest BCUT2D eigenvalue weighted by Crippen LogP contribution is -2.23. The van der Waals surface area contributed by atoms with Gasteiger partial charge in [0.15, 0.2) is 0 Å². The number of phenolic OH excluding ortho intramolecular Hbond substituents is 1. The third kappa shape index (κ3) is 6.56. The maximum absolute atomic E-state index is 13.0. The third-order valence-electron chi connectivity index (χ3n) is 5.01. The summed E-state index contributed by atoms with van der Waals surface area (Å²) >= 11 is 0. The molecular weight excluding hydrogens is 384 g/mol. The van der Waals surface area contributed by atoms with E-state index in [4.69, 9.17) is 0 Å². The van der Waals surface area contributed by atoms with Crippen LogP contribution in [0.4, 0.5) is 14.5 Å². The Labute approximate surface area is 177 Å². The van der Waals surface area contributed by atoms with Crippen LogP contribution in [0.3, 0.4) is 0 Å². The van der Waals surface area contributed by atoms with Crippen molar-refractivity contribution in [2.75, 3.05) is 11.9 Å². The number of rotatable bonds is 6. The van der Waals surface area contributed by atoms with Crippen LogP contribution in [-0.2, 0) is 0 Å². The van der Waals surface area contributed by atoms with Gasteiger partial charge in [0.1, 0.15) is 17.4 Å². The van der Waals surface area contributed by atoms with Crippen molar-refractivity contribution in [3.63, 3.8) is 0 Å². The topological polar surface area (TPSA) is 43.7 Å². The molecule has 0 aliphatic heterocycles. The minimum absolute atomic E-state index is 0.200. The van der Waals surface area contributed by atoms with Gasteiger partial charge in [-0.25, -0.2) is 8.78 Å². The Morgan fingerprint density at radius 1 is 0.733 bits per heavy atom. The molecule has 5 heteroatoms. The first-order valence-corrected chi connectivity index (χ1v) is 10.1. The fourth-order valence-electron chi connectivity index (χ4n) is 3.21. The molecule has 3 nitrogen and oxygen atoms in total. The van der Waals surface area contributed by atoms with Crippen molar-refractivity contribution < 1.29 is 19.0 Å². The molecule has 0 aliphatic rings.